The van der Waals surface area contributed by atoms with Gasteiger partial charge in [-0.15, -0.1) is 11.3 Å². The lowest BCUT2D eigenvalue weighted by Crippen LogP contribution is -2.44. The number of carboxylic acid groups (broad SMARTS) is 1. The van der Waals surface area contributed by atoms with Crippen LogP contribution in [0.1, 0.15) is 43.8 Å². The smallest absolute Gasteiger partial charge is 0.433 e. The summed E-state index contributed by atoms with van der Waals surface area (Å²) in [6.07, 6.45) is 0.472. The van der Waals surface area contributed by atoms with Crippen LogP contribution in [0.5, 0.6) is 5.88 Å². The van der Waals surface area contributed by atoms with E-state index in [1.807, 2.05) is 19.9 Å². The molecule has 1 aliphatic carbocycles. The normalized spacial score (nSPS) is 20.2. The van der Waals surface area contributed by atoms with Crippen LogP contribution in [-0.4, -0.2) is 43.2 Å². The van der Waals surface area contributed by atoms with E-state index in [-0.39, 0.29) is 18.8 Å². The number of nitrogens with zero attached hydrogens (tertiary/aromatic N) is 4. The highest BCUT2D eigenvalue weighted by Crippen LogP contribution is 2.51. The lowest BCUT2D eigenvalue weighted by Gasteiger charge is -2.44. The van der Waals surface area contributed by atoms with Gasteiger partial charge in [-0.25, -0.2) is 19.9 Å². The van der Waals surface area contributed by atoms with E-state index in [1.165, 1.54) is 18.4 Å². The van der Waals surface area contributed by atoms with Gasteiger partial charge >= 0.3 is 12.1 Å². The van der Waals surface area contributed by atoms with E-state index in [0.29, 0.717) is 39.0 Å². The maximum Gasteiger partial charge on any atom is 0.433 e. The Morgan fingerprint density at radius 3 is 2.48 bits per heavy atom. The Bertz CT molecular complexity index is 1610. The molecular formula is C29H28F3N5O4S. The van der Waals surface area contributed by atoms with E-state index >= 15 is 0 Å². The number of carbonyl (C=O) groups is 1. The van der Waals surface area contributed by atoms with E-state index in [2.05, 4.69) is 25.3 Å². The highest BCUT2D eigenvalue weighted by atomic mass is 32.1. The third-order valence-corrected chi connectivity index (χ3v) is 8.68. The molecule has 5 rings (SSSR count). The van der Waals surface area contributed by atoms with Crippen LogP contribution in [0.15, 0.2) is 55.0 Å². The number of nitrogens with one attached hydrogen (secondary N) is 1. The first-order valence-electron chi connectivity index (χ1n) is 13.0. The third kappa shape index (κ3) is 6.07. The number of ether oxygens (including phenoxy) is 1. The van der Waals surface area contributed by atoms with Crippen LogP contribution in [0.3, 0.4) is 0 Å². The zero-order valence-corrected chi connectivity index (χ0v) is 23.8. The second-order valence-electron chi connectivity index (χ2n) is 10.9. The molecule has 42 heavy (non-hydrogen) atoms. The summed E-state index contributed by atoms with van der Waals surface area (Å²) in [5.41, 5.74) is -0.470. The number of alkyl halides is 3. The summed E-state index contributed by atoms with van der Waals surface area (Å²) in [7, 11) is 1.50. The predicted molar refractivity (Wildman–Crippen MR) is 150 cm³/mol. The number of carboxylic acids is 1. The van der Waals surface area contributed by atoms with Crippen molar-refractivity contribution in [3.8, 4) is 27.4 Å². The number of halogens is 3. The molecule has 0 saturated heterocycles. The Hall–Kier alpha value is -4.10. The van der Waals surface area contributed by atoms with Crippen LogP contribution in [-0.2, 0) is 16.6 Å². The average molecular weight is 600 g/mol. The molecule has 0 aliphatic heterocycles. The minimum Gasteiger partial charge on any atom is -0.481 e. The Kier molecular flexibility index (Phi) is 7.66. The molecule has 1 fully saturated rings. The molecule has 2 atom stereocenters. The molecule has 220 valence electrons. The molecule has 3 N–H and O–H groups in total. The van der Waals surface area contributed by atoms with Gasteiger partial charge in [0.25, 0.3) is 0 Å². The third-order valence-electron chi connectivity index (χ3n) is 7.44. The molecule has 0 radical (unpaired) electrons. The number of hydrogen-bond donors (Lipinski definition) is 3. The summed E-state index contributed by atoms with van der Waals surface area (Å²) in [5.74, 6) is -1.25. The number of benzene rings is 1. The van der Waals surface area contributed by atoms with Crippen LogP contribution in [0, 0.1) is 11.3 Å². The largest absolute Gasteiger partial charge is 0.481 e. The second kappa shape index (κ2) is 11.0. The highest BCUT2D eigenvalue weighted by Gasteiger charge is 2.49. The molecule has 9 nitrogen and oxygen atoms in total. The van der Waals surface area contributed by atoms with E-state index < -0.39 is 34.8 Å². The predicted octanol–water partition coefficient (Wildman–Crippen LogP) is 6.53. The number of aromatic nitrogens is 4. The SMILES string of the molecule is COc1ccc(-c2cc(Nc3nccc(C(F)(F)F)n3)cc(-c3cnc([C@@]4(O)CC[C@H](C(=O)O)C(C)(C)C4)s3)c2)cn1. The minimum absolute atomic E-state index is 0.225. The topological polar surface area (TPSA) is 130 Å². The van der Waals surface area contributed by atoms with Gasteiger partial charge in [-0.3, -0.25) is 4.79 Å². The lowest BCUT2D eigenvalue weighted by atomic mass is 9.63. The van der Waals surface area contributed by atoms with Crippen LogP contribution >= 0.6 is 11.3 Å². The maximum absolute atomic E-state index is 13.2. The molecule has 3 aromatic heterocycles. The Labute approximate surface area is 243 Å². The first-order chi connectivity index (χ1) is 19.8. The van der Waals surface area contributed by atoms with Crippen LogP contribution < -0.4 is 10.1 Å². The fourth-order valence-electron chi connectivity index (χ4n) is 5.39. The van der Waals surface area contributed by atoms with E-state index in [9.17, 15) is 28.2 Å². The van der Waals surface area contributed by atoms with Gasteiger partial charge in [0.1, 0.15) is 16.3 Å². The van der Waals surface area contributed by atoms with E-state index in [4.69, 9.17) is 4.74 Å². The van der Waals surface area contributed by atoms with Crippen LogP contribution in [0.2, 0.25) is 0 Å². The van der Waals surface area contributed by atoms with Gasteiger partial charge in [0.15, 0.2) is 0 Å². The molecule has 3 heterocycles. The second-order valence-corrected chi connectivity index (χ2v) is 12.0. The number of pyridine rings is 1. The summed E-state index contributed by atoms with van der Waals surface area (Å²) >= 11 is 1.28. The van der Waals surface area contributed by atoms with Crippen molar-refractivity contribution in [2.24, 2.45) is 11.3 Å². The minimum atomic E-state index is -4.63. The number of aliphatic hydroxyl groups is 1. The molecule has 0 spiro atoms. The van der Waals surface area contributed by atoms with Crippen LogP contribution in [0.4, 0.5) is 24.8 Å². The van der Waals surface area contributed by atoms with Crippen molar-refractivity contribution < 1.29 is 32.9 Å². The van der Waals surface area contributed by atoms with Crippen LogP contribution in [0.25, 0.3) is 21.6 Å². The van der Waals surface area contributed by atoms with Crippen molar-refractivity contribution in [1.82, 2.24) is 19.9 Å². The van der Waals surface area contributed by atoms with Gasteiger partial charge in [-0.2, -0.15) is 13.2 Å². The number of aliphatic carboxylic acids is 1. The summed E-state index contributed by atoms with van der Waals surface area (Å²) in [5, 5.41) is 24.6. The highest BCUT2D eigenvalue weighted by molar-refractivity contribution is 7.15. The van der Waals surface area contributed by atoms with Gasteiger partial charge in [-0.1, -0.05) is 13.8 Å². The molecule has 13 heteroatoms. The molecule has 1 aliphatic rings. The molecule has 0 unspecified atom stereocenters. The van der Waals surface area contributed by atoms with Gasteiger partial charge in [0.05, 0.1) is 17.9 Å². The maximum atomic E-state index is 13.2. The molecule has 0 amide bonds. The van der Waals surface area contributed by atoms with Gasteiger partial charge in [0.2, 0.25) is 11.8 Å². The van der Waals surface area contributed by atoms with E-state index in [0.717, 1.165) is 17.8 Å². The summed E-state index contributed by atoms with van der Waals surface area (Å²) in [6.45, 7) is 3.68. The number of anilines is 2. The van der Waals surface area contributed by atoms with Crippen molar-refractivity contribution in [3.63, 3.8) is 0 Å². The molecule has 4 aromatic rings. The summed E-state index contributed by atoms with van der Waals surface area (Å²) in [6, 6.07) is 9.65. The fourth-order valence-corrected chi connectivity index (χ4v) is 6.41. The monoisotopic (exact) mass is 599 g/mol. The quantitative estimate of drug-likeness (QED) is 0.217. The van der Waals surface area contributed by atoms with Gasteiger partial charge in [0, 0.05) is 35.9 Å². The number of rotatable bonds is 7. The van der Waals surface area contributed by atoms with Crippen molar-refractivity contribution in [2.45, 2.75) is 44.9 Å². The molecule has 1 aromatic carbocycles. The molecule has 1 saturated carbocycles. The first kappa shape index (κ1) is 29.4. The standard InChI is InChI=1S/C29H28F3N5O4S/c1-27(2)15-28(40,8-6-20(27)24(38)39)25-35-14-21(42-25)18-10-17(16-4-5-23(41-3)34-13-16)11-19(12-18)36-26-33-9-7-22(37-26)29(30,31)32/h4-5,7,9-14,20,40H,6,8,15H2,1-3H3,(H,38,39)(H,33,36,37)/t20-,28-/m1/s1. The van der Waals surface area contributed by atoms with Crippen molar-refractivity contribution >= 4 is 28.9 Å². The van der Waals surface area contributed by atoms with Crippen molar-refractivity contribution in [3.05, 3.63) is 65.7 Å². The van der Waals surface area contributed by atoms with Crippen molar-refractivity contribution in [1.29, 1.82) is 0 Å². The lowest BCUT2D eigenvalue weighted by molar-refractivity contribution is -0.154. The summed E-state index contributed by atoms with van der Waals surface area (Å²) < 4.78 is 44.9. The first-order valence-corrected chi connectivity index (χ1v) is 13.8. The summed E-state index contributed by atoms with van der Waals surface area (Å²) in [4.78, 5) is 28.8. The van der Waals surface area contributed by atoms with Gasteiger partial charge < -0.3 is 20.3 Å². The molecule has 0 bridgehead atoms. The fraction of sp³-hybridized carbons (Fsp3) is 0.345. The zero-order chi connectivity index (χ0) is 30.3. The number of hydrogen-bond acceptors (Lipinski definition) is 9. The zero-order valence-electron chi connectivity index (χ0n) is 22.9. The average Bonchev–Trinajstić information content (AvgIpc) is 3.44. The molecular weight excluding hydrogens is 571 g/mol. The Morgan fingerprint density at radius 1 is 1.07 bits per heavy atom. The van der Waals surface area contributed by atoms with Gasteiger partial charge in [-0.05, 0) is 66.1 Å². The van der Waals surface area contributed by atoms with Crippen molar-refractivity contribution in [2.75, 3.05) is 12.4 Å². The Balaban J connectivity index is 1.52. The van der Waals surface area contributed by atoms with E-state index in [1.54, 1.807) is 36.7 Å². The number of methoxy groups -OCH3 is 1. The Morgan fingerprint density at radius 2 is 1.83 bits per heavy atom. The number of thiazole rings is 1.